The summed E-state index contributed by atoms with van der Waals surface area (Å²) in [7, 11) is 1.79. The van der Waals surface area contributed by atoms with Crippen molar-refractivity contribution < 1.29 is 9.90 Å². The minimum atomic E-state index is 0.126. The third kappa shape index (κ3) is 7.19. The van der Waals surface area contributed by atoms with E-state index in [2.05, 4.69) is 6.58 Å². The van der Waals surface area contributed by atoms with Crippen LogP contribution in [0.25, 0.3) is 0 Å². The molecule has 0 atom stereocenters. The summed E-state index contributed by atoms with van der Waals surface area (Å²) in [5.41, 5.74) is 0.867. The molecule has 0 aliphatic rings. The number of nitrogens with zero attached hydrogens (tertiary/aromatic N) is 1. The van der Waals surface area contributed by atoms with Gasteiger partial charge in [-0.1, -0.05) is 37.4 Å². The number of carbonyl (C=O) groups excluding carboxylic acids is 1. The molecule has 0 spiro atoms. The van der Waals surface area contributed by atoms with Crippen LogP contribution in [-0.4, -0.2) is 18.1 Å². The largest absolute Gasteiger partial charge is 0.513 e. The third-order valence-electron chi connectivity index (χ3n) is 3.44. The number of unbranched alkanes of at least 4 members (excludes halogenated alkanes) is 4. The SMILES string of the molecule is C=C(O)CCCCCCCC(=O)N(C)c1ccc(Cl)cc1. The number of hydrogen-bond donors (Lipinski definition) is 1. The molecule has 1 rings (SSSR count). The maximum absolute atomic E-state index is 12.1. The first-order valence-electron chi connectivity index (χ1n) is 7.39. The molecule has 0 saturated carbocycles. The Balaban J connectivity index is 2.18. The number of halogens is 1. The van der Waals surface area contributed by atoms with Crippen molar-refractivity contribution in [2.75, 3.05) is 11.9 Å². The van der Waals surface area contributed by atoms with Gasteiger partial charge in [0, 0.05) is 30.6 Å². The summed E-state index contributed by atoms with van der Waals surface area (Å²) < 4.78 is 0. The number of allylic oxidation sites excluding steroid dienone is 1. The maximum Gasteiger partial charge on any atom is 0.226 e. The monoisotopic (exact) mass is 309 g/mol. The first-order chi connectivity index (χ1) is 10.0. The van der Waals surface area contributed by atoms with E-state index in [1.807, 2.05) is 12.1 Å². The zero-order valence-electron chi connectivity index (χ0n) is 12.6. The summed E-state index contributed by atoms with van der Waals surface area (Å²) in [6.45, 7) is 3.46. The molecule has 0 saturated heterocycles. The summed E-state index contributed by atoms with van der Waals surface area (Å²) in [6, 6.07) is 7.27. The predicted molar refractivity (Wildman–Crippen MR) is 88.9 cm³/mol. The second kappa shape index (κ2) is 9.46. The van der Waals surface area contributed by atoms with Gasteiger partial charge in [-0.3, -0.25) is 4.79 Å². The van der Waals surface area contributed by atoms with Crippen LogP contribution in [0.1, 0.15) is 44.9 Å². The van der Waals surface area contributed by atoms with Gasteiger partial charge in [0.1, 0.15) is 0 Å². The van der Waals surface area contributed by atoms with Crippen LogP contribution in [-0.2, 0) is 4.79 Å². The molecule has 4 heteroatoms. The molecule has 0 bridgehead atoms. The molecule has 1 aromatic rings. The van der Waals surface area contributed by atoms with E-state index >= 15 is 0 Å². The lowest BCUT2D eigenvalue weighted by Gasteiger charge is -2.17. The van der Waals surface area contributed by atoms with Crippen LogP contribution in [0.5, 0.6) is 0 Å². The molecule has 0 aromatic heterocycles. The smallest absolute Gasteiger partial charge is 0.226 e. The van der Waals surface area contributed by atoms with E-state index in [-0.39, 0.29) is 11.7 Å². The maximum atomic E-state index is 12.1. The molecule has 1 aromatic carbocycles. The van der Waals surface area contributed by atoms with E-state index in [4.69, 9.17) is 16.7 Å². The van der Waals surface area contributed by atoms with Gasteiger partial charge in [-0.15, -0.1) is 0 Å². The molecular formula is C17H24ClNO2. The molecule has 116 valence electrons. The van der Waals surface area contributed by atoms with Crippen LogP contribution in [0, 0.1) is 0 Å². The number of carbonyl (C=O) groups is 1. The highest BCUT2D eigenvalue weighted by Gasteiger charge is 2.10. The van der Waals surface area contributed by atoms with Crippen LogP contribution in [0.15, 0.2) is 36.6 Å². The van der Waals surface area contributed by atoms with Crippen molar-refractivity contribution in [3.8, 4) is 0 Å². The highest BCUT2D eigenvalue weighted by Crippen LogP contribution is 2.18. The van der Waals surface area contributed by atoms with E-state index in [0.29, 0.717) is 17.9 Å². The van der Waals surface area contributed by atoms with E-state index in [9.17, 15) is 4.79 Å². The van der Waals surface area contributed by atoms with Crippen molar-refractivity contribution >= 4 is 23.2 Å². The molecule has 0 fully saturated rings. The second-order valence-corrected chi connectivity index (χ2v) is 5.70. The van der Waals surface area contributed by atoms with E-state index in [0.717, 1.165) is 37.8 Å². The van der Waals surface area contributed by atoms with Crippen LogP contribution in [0.4, 0.5) is 5.69 Å². The fourth-order valence-electron chi connectivity index (χ4n) is 2.11. The summed E-state index contributed by atoms with van der Waals surface area (Å²) >= 11 is 5.83. The highest BCUT2D eigenvalue weighted by atomic mass is 35.5. The second-order valence-electron chi connectivity index (χ2n) is 5.26. The Bertz CT molecular complexity index is 456. The standard InChI is InChI=1S/C17H24ClNO2/c1-14(20)8-6-4-3-5-7-9-17(21)19(2)16-12-10-15(18)11-13-16/h10-13,20H,1,3-9H2,2H3. The number of aliphatic hydroxyl groups excluding tert-OH is 1. The fraction of sp³-hybridized carbons (Fsp3) is 0.471. The predicted octanol–water partition coefficient (Wildman–Crippen LogP) is 5.11. The van der Waals surface area contributed by atoms with E-state index < -0.39 is 0 Å². The molecule has 0 aliphatic carbocycles. The Kier molecular flexibility index (Phi) is 7.91. The molecular weight excluding hydrogens is 286 g/mol. The van der Waals surface area contributed by atoms with Gasteiger partial charge < -0.3 is 10.0 Å². The van der Waals surface area contributed by atoms with Gasteiger partial charge in [-0.05, 0) is 37.1 Å². The molecule has 0 unspecified atom stereocenters. The highest BCUT2D eigenvalue weighted by molar-refractivity contribution is 6.30. The van der Waals surface area contributed by atoms with Crippen molar-refractivity contribution in [1.82, 2.24) is 0 Å². The number of anilines is 1. The van der Waals surface area contributed by atoms with E-state index in [1.54, 1.807) is 24.1 Å². The first kappa shape index (κ1) is 17.6. The molecule has 1 N–H and O–H groups in total. The number of aliphatic hydroxyl groups is 1. The molecule has 1 amide bonds. The zero-order valence-corrected chi connectivity index (χ0v) is 13.4. The van der Waals surface area contributed by atoms with Crippen LogP contribution >= 0.6 is 11.6 Å². The normalized spacial score (nSPS) is 10.4. The van der Waals surface area contributed by atoms with Gasteiger partial charge in [0.15, 0.2) is 0 Å². The number of rotatable bonds is 9. The van der Waals surface area contributed by atoms with Crippen molar-refractivity contribution in [3.63, 3.8) is 0 Å². The lowest BCUT2D eigenvalue weighted by Crippen LogP contribution is -2.25. The van der Waals surface area contributed by atoms with Gasteiger partial charge in [0.2, 0.25) is 5.91 Å². The van der Waals surface area contributed by atoms with E-state index in [1.165, 1.54) is 0 Å². The minimum Gasteiger partial charge on any atom is -0.513 e. The minimum absolute atomic E-state index is 0.126. The van der Waals surface area contributed by atoms with Crippen molar-refractivity contribution in [2.24, 2.45) is 0 Å². The van der Waals surface area contributed by atoms with Gasteiger partial charge in [-0.25, -0.2) is 0 Å². The Hall–Kier alpha value is -1.48. The molecule has 0 heterocycles. The Morgan fingerprint density at radius 3 is 2.19 bits per heavy atom. The van der Waals surface area contributed by atoms with Gasteiger partial charge in [0.05, 0.1) is 5.76 Å². The van der Waals surface area contributed by atoms with Crippen molar-refractivity contribution in [1.29, 1.82) is 0 Å². The Morgan fingerprint density at radius 2 is 1.62 bits per heavy atom. The number of hydrogen-bond acceptors (Lipinski definition) is 2. The average Bonchev–Trinajstić information content (AvgIpc) is 2.45. The Morgan fingerprint density at radius 1 is 1.10 bits per heavy atom. The number of amides is 1. The topological polar surface area (TPSA) is 40.5 Å². The lowest BCUT2D eigenvalue weighted by molar-refractivity contribution is -0.118. The fourth-order valence-corrected chi connectivity index (χ4v) is 2.24. The van der Waals surface area contributed by atoms with Gasteiger partial charge in [0.25, 0.3) is 0 Å². The third-order valence-corrected chi connectivity index (χ3v) is 3.70. The average molecular weight is 310 g/mol. The van der Waals surface area contributed by atoms with Crippen molar-refractivity contribution in [2.45, 2.75) is 44.9 Å². The zero-order chi connectivity index (χ0) is 15.7. The van der Waals surface area contributed by atoms with Gasteiger partial charge >= 0.3 is 0 Å². The Labute approximate surface area is 132 Å². The molecule has 21 heavy (non-hydrogen) atoms. The molecule has 0 radical (unpaired) electrons. The molecule has 0 aliphatic heterocycles. The summed E-state index contributed by atoms with van der Waals surface area (Å²) in [4.78, 5) is 13.7. The summed E-state index contributed by atoms with van der Waals surface area (Å²) in [6.07, 6.45) is 6.30. The quantitative estimate of drug-likeness (QED) is 0.509. The van der Waals surface area contributed by atoms with Gasteiger partial charge in [-0.2, -0.15) is 0 Å². The van der Waals surface area contributed by atoms with Crippen molar-refractivity contribution in [3.05, 3.63) is 41.6 Å². The van der Waals surface area contributed by atoms with Crippen LogP contribution in [0.3, 0.4) is 0 Å². The molecule has 3 nitrogen and oxygen atoms in total. The first-order valence-corrected chi connectivity index (χ1v) is 7.77. The van der Waals surface area contributed by atoms with Crippen LogP contribution < -0.4 is 4.90 Å². The summed E-state index contributed by atoms with van der Waals surface area (Å²) in [5, 5.41) is 9.63. The number of benzene rings is 1. The summed E-state index contributed by atoms with van der Waals surface area (Å²) in [5.74, 6) is 0.385. The lowest BCUT2D eigenvalue weighted by atomic mass is 10.1. The van der Waals surface area contributed by atoms with Crippen LogP contribution in [0.2, 0.25) is 5.02 Å².